The summed E-state index contributed by atoms with van der Waals surface area (Å²) < 4.78 is 0. The number of carbonyl (C=O) groups excluding carboxylic acids is 2. The fourth-order valence-electron chi connectivity index (χ4n) is 5.33. The maximum absolute atomic E-state index is 13.7. The molecule has 158 valence electrons. The number of aliphatic hydroxyl groups is 1. The average molecular weight is 401 g/mol. The van der Waals surface area contributed by atoms with Gasteiger partial charge in [0.2, 0.25) is 5.91 Å². The Hall–Kier alpha value is -2.15. The normalized spacial score (nSPS) is 30.1. The second kappa shape index (κ2) is 7.94. The standard InChI is InChI=1S/C22H32N4O3/c1-24(2)19-10-5-16(15-23-19)20(28)26-14-4-12-22(26)11-3-13-25(21(22)29)17-6-8-18(27)9-7-17/h5,10,15,17-18,27H,3-4,6-9,11-14H2,1-2H3. The lowest BCUT2D eigenvalue weighted by atomic mass is 9.82. The van der Waals surface area contributed by atoms with Crippen molar-refractivity contribution in [3.63, 3.8) is 0 Å². The molecule has 7 nitrogen and oxygen atoms in total. The van der Waals surface area contributed by atoms with E-state index >= 15 is 0 Å². The summed E-state index contributed by atoms with van der Waals surface area (Å²) in [6.07, 6.45) is 7.88. The molecule has 7 heteroatoms. The van der Waals surface area contributed by atoms with E-state index in [1.54, 1.807) is 6.20 Å². The van der Waals surface area contributed by atoms with Crippen molar-refractivity contribution >= 4 is 17.6 Å². The van der Waals surface area contributed by atoms with Crippen LogP contribution in [0.25, 0.3) is 0 Å². The minimum Gasteiger partial charge on any atom is -0.393 e. The molecule has 1 aromatic rings. The number of hydrogen-bond donors (Lipinski definition) is 1. The van der Waals surface area contributed by atoms with Crippen molar-refractivity contribution in [2.75, 3.05) is 32.1 Å². The maximum atomic E-state index is 13.7. The van der Waals surface area contributed by atoms with Crippen LogP contribution in [0.5, 0.6) is 0 Å². The number of piperidine rings is 1. The lowest BCUT2D eigenvalue weighted by molar-refractivity contribution is -0.149. The molecule has 2 aliphatic heterocycles. The first-order valence-electron chi connectivity index (χ1n) is 10.9. The number of carbonyl (C=O) groups is 2. The van der Waals surface area contributed by atoms with Crippen molar-refractivity contribution < 1.29 is 14.7 Å². The zero-order valence-electron chi connectivity index (χ0n) is 17.5. The van der Waals surface area contributed by atoms with Gasteiger partial charge < -0.3 is 19.8 Å². The van der Waals surface area contributed by atoms with E-state index < -0.39 is 5.54 Å². The Morgan fingerprint density at radius 2 is 1.83 bits per heavy atom. The van der Waals surface area contributed by atoms with Crippen molar-refractivity contribution in [3.05, 3.63) is 23.9 Å². The van der Waals surface area contributed by atoms with Crippen molar-refractivity contribution in [1.82, 2.24) is 14.8 Å². The van der Waals surface area contributed by atoms with Crippen molar-refractivity contribution in [2.24, 2.45) is 0 Å². The Kier molecular flexibility index (Phi) is 5.51. The highest BCUT2D eigenvalue weighted by molar-refractivity contribution is 6.00. The van der Waals surface area contributed by atoms with Gasteiger partial charge in [0.25, 0.3) is 5.91 Å². The number of amides is 2. The largest absolute Gasteiger partial charge is 0.393 e. The third kappa shape index (κ3) is 3.61. The maximum Gasteiger partial charge on any atom is 0.256 e. The van der Waals surface area contributed by atoms with Gasteiger partial charge in [0, 0.05) is 39.4 Å². The molecule has 1 aromatic heterocycles. The molecule has 1 unspecified atom stereocenters. The number of nitrogens with zero attached hydrogens (tertiary/aromatic N) is 4. The molecular weight excluding hydrogens is 368 g/mol. The van der Waals surface area contributed by atoms with Gasteiger partial charge in [0.1, 0.15) is 11.4 Å². The van der Waals surface area contributed by atoms with Gasteiger partial charge in [-0.1, -0.05) is 0 Å². The average Bonchev–Trinajstić information content (AvgIpc) is 3.15. The predicted molar refractivity (Wildman–Crippen MR) is 111 cm³/mol. The van der Waals surface area contributed by atoms with Crippen LogP contribution in [0, 0.1) is 0 Å². The first-order valence-corrected chi connectivity index (χ1v) is 10.9. The highest BCUT2D eigenvalue weighted by atomic mass is 16.3. The quantitative estimate of drug-likeness (QED) is 0.840. The summed E-state index contributed by atoms with van der Waals surface area (Å²) in [4.78, 5) is 37.1. The van der Waals surface area contributed by atoms with E-state index in [4.69, 9.17) is 0 Å². The molecule has 3 fully saturated rings. The van der Waals surface area contributed by atoms with Crippen LogP contribution in [0.15, 0.2) is 18.3 Å². The molecule has 3 aliphatic rings. The summed E-state index contributed by atoms with van der Waals surface area (Å²) in [5, 5.41) is 9.83. The first kappa shape index (κ1) is 20.1. The van der Waals surface area contributed by atoms with Gasteiger partial charge in [0.05, 0.1) is 11.7 Å². The van der Waals surface area contributed by atoms with E-state index in [-0.39, 0.29) is 24.0 Å². The summed E-state index contributed by atoms with van der Waals surface area (Å²) in [5.41, 5.74) is -0.159. The molecule has 1 N–H and O–H groups in total. The SMILES string of the molecule is CN(C)c1ccc(C(=O)N2CCCC23CCCN(C2CCC(O)CC2)C3=O)cn1. The van der Waals surface area contributed by atoms with Gasteiger partial charge in [-0.25, -0.2) is 4.98 Å². The smallest absolute Gasteiger partial charge is 0.256 e. The number of hydrogen-bond acceptors (Lipinski definition) is 5. The van der Waals surface area contributed by atoms with Gasteiger partial charge >= 0.3 is 0 Å². The number of aromatic nitrogens is 1. The molecule has 1 atom stereocenters. The summed E-state index contributed by atoms with van der Waals surface area (Å²) in [6, 6.07) is 3.85. The van der Waals surface area contributed by atoms with Crippen LogP contribution in [-0.2, 0) is 4.79 Å². The van der Waals surface area contributed by atoms with E-state index in [0.29, 0.717) is 12.1 Å². The second-order valence-electron chi connectivity index (χ2n) is 8.96. The highest BCUT2D eigenvalue weighted by Gasteiger charge is 2.53. The van der Waals surface area contributed by atoms with E-state index in [2.05, 4.69) is 4.98 Å². The van der Waals surface area contributed by atoms with Gasteiger partial charge in [-0.15, -0.1) is 0 Å². The second-order valence-corrected chi connectivity index (χ2v) is 8.96. The third-order valence-electron chi connectivity index (χ3n) is 6.94. The summed E-state index contributed by atoms with van der Waals surface area (Å²) in [5.74, 6) is 0.834. The summed E-state index contributed by atoms with van der Waals surface area (Å²) in [7, 11) is 3.83. The molecule has 4 rings (SSSR count). The fourth-order valence-corrected chi connectivity index (χ4v) is 5.33. The van der Waals surface area contributed by atoms with Crippen LogP contribution >= 0.6 is 0 Å². The molecule has 2 saturated heterocycles. The minimum atomic E-state index is -0.703. The Morgan fingerprint density at radius 1 is 1.14 bits per heavy atom. The lowest BCUT2D eigenvalue weighted by Crippen LogP contribution is -2.63. The lowest BCUT2D eigenvalue weighted by Gasteiger charge is -2.48. The summed E-state index contributed by atoms with van der Waals surface area (Å²) in [6.45, 7) is 1.39. The van der Waals surface area contributed by atoms with E-state index in [1.807, 2.05) is 40.9 Å². The third-order valence-corrected chi connectivity index (χ3v) is 6.94. The number of anilines is 1. The molecule has 3 heterocycles. The Morgan fingerprint density at radius 3 is 2.45 bits per heavy atom. The van der Waals surface area contributed by atoms with Crippen LogP contribution in [0.4, 0.5) is 5.82 Å². The summed E-state index contributed by atoms with van der Waals surface area (Å²) >= 11 is 0. The van der Waals surface area contributed by atoms with Crippen LogP contribution < -0.4 is 4.90 Å². The topological polar surface area (TPSA) is 77.0 Å². The van der Waals surface area contributed by atoms with Crippen molar-refractivity contribution in [1.29, 1.82) is 0 Å². The molecule has 2 amide bonds. The molecule has 1 spiro atoms. The monoisotopic (exact) mass is 400 g/mol. The van der Waals surface area contributed by atoms with Gasteiger partial charge in [0.15, 0.2) is 0 Å². The molecule has 0 radical (unpaired) electrons. The molecular formula is C22H32N4O3. The van der Waals surface area contributed by atoms with E-state index in [1.165, 1.54) is 0 Å². The molecule has 1 aliphatic carbocycles. The van der Waals surface area contributed by atoms with E-state index in [0.717, 1.165) is 63.7 Å². The Labute approximate surface area is 172 Å². The van der Waals surface area contributed by atoms with Crippen LogP contribution in [0.1, 0.15) is 61.7 Å². The fraction of sp³-hybridized carbons (Fsp3) is 0.682. The first-order chi connectivity index (χ1) is 13.9. The predicted octanol–water partition coefficient (Wildman–Crippen LogP) is 2.05. The zero-order chi connectivity index (χ0) is 20.6. The van der Waals surface area contributed by atoms with Crippen LogP contribution in [0.2, 0.25) is 0 Å². The highest BCUT2D eigenvalue weighted by Crippen LogP contribution is 2.41. The van der Waals surface area contributed by atoms with Gasteiger partial charge in [-0.05, 0) is 63.5 Å². The van der Waals surface area contributed by atoms with E-state index in [9.17, 15) is 14.7 Å². The Balaban J connectivity index is 1.55. The number of likely N-dealkylation sites (tertiary alicyclic amines) is 2. The molecule has 1 saturated carbocycles. The van der Waals surface area contributed by atoms with Crippen molar-refractivity contribution in [2.45, 2.75) is 69.1 Å². The van der Waals surface area contributed by atoms with Crippen molar-refractivity contribution in [3.8, 4) is 0 Å². The Bertz CT molecular complexity index is 758. The number of rotatable bonds is 3. The zero-order valence-corrected chi connectivity index (χ0v) is 17.5. The number of aliphatic hydroxyl groups excluding tert-OH is 1. The molecule has 0 aromatic carbocycles. The van der Waals surface area contributed by atoms with Gasteiger partial charge in [-0.3, -0.25) is 9.59 Å². The molecule has 29 heavy (non-hydrogen) atoms. The minimum absolute atomic E-state index is 0.0884. The van der Waals surface area contributed by atoms with Crippen LogP contribution in [0.3, 0.4) is 0 Å². The number of pyridine rings is 1. The molecule has 0 bridgehead atoms. The van der Waals surface area contributed by atoms with Crippen LogP contribution in [-0.4, -0.2) is 76.6 Å². The van der Waals surface area contributed by atoms with Gasteiger partial charge in [-0.2, -0.15) is 0 Å².